The number of rotatable bonds is 4. The van der Waals surface area contributed by atoms with Crippen molar-refractivity contribution in [2.45, 2.75) is 18.8 Å². The number of benzene rings is 1. The maximum Gasteiger partial charge on any atom is 0.257 e. The van der Waals surface area contributed by atoms with E-state index >= 15 is 0 Å². The maximum absolute atomic E-state index is 12.6. The predicted molar refractivity (Wildman–Crippen MR) is 89.9 cm³/mol. The molecule has 5 nitrogen and oxygen atoms in total. The van der Waals surface area contributed by atoms with Crippen molar-refractivity contribution in [1.82, 2.24) is 15.0 Å². The third-order valence-electron chi connectivity index (χ3n) is 4.40. The molecule has 1 atom stereocenters. The topological polar surface area (TPSA) is 59.2 Å². The van der Waals surface area contributed by atoms with Crippen molar-refractivity contribution in [1.29, 1.82) is 0 Å². The first kappa shape index (κ1) is 15.1. The highest BCUT2D eigenvalue weighted by atomic mass is 35.5. The van der Waals surface area contributed by atoms with Crippen molar-refractivity contribution >= 4 is 23.1 Å². The van der Waals surface area contributed by atoms with Gasteiger partial charge in [0.25, 0.3) is 5.89 Å². The Morgan fingerprint density at radius 1 is 1.29 bits per heavy atom. The zero-order valence-corrected chi connectivity index (χ0v) is 13.7. The van der Waals surface area contributed by atoms with Crippen molar-refractivity contribution in [3.05, 3.63) is 65.3 Å². The van der Waals surface area contributed by atoms with Gasteiger partial charge in [0.05, 0.1) is 11.8 Å². The van der Waals surface area contributed by atoms with E-state index in [-0.39, 0.29) is 17.7 Å². The van der Waals surface area contributed by atoms with Gasteiger partial charge in [-0.3, -0.25) is 4.79 Å². The molecule has 1 fully saturated rings. The standard InChI is InChI=1S/C18H16ClN3O2/c19-9-16-20-17(24-21-16)13-6-7-15-14(8-13)11-22(18(15)23)10-12-4-2-1-3-5-12/h1-6,8,15H,7,9-11H2. The smallest absolute Gasteiger partial charge is 0.257 e. The van der Waals surface area contributed by atoms with E-state index in [9.17, 15) is 4.79 Å². The average Bonchev–Trinajstić information content (AvgIpc) is 3.21. The van der Waals surface area contributed by atoms with E-state index in [1.165, 1.54) is 0 Å². The summed E-state index contributed by atoms with van der Waals surface area (Å²) in [5, 5.41) is 3.82. The molecule has 0 spiro atoms. The quantitative estimate of drug-likeness (QED) is 0.801. The van der Waals surface area contributed by atoms with E-state index in [2.05, 4.69) is 10.1 Å². The normalized spacial score (nSPS) is 20.0. The number of nitrogens with zero attached hydrogens (tertiary/aromatic N) is 3. The predicted octanol–water partition coefficient (Wildman–Crippen LogP) is 3.18. The lowest BCUT2D eigenvalue weighted by atomic mass is 9.90. The van der Waals surface area contributed by atoms with Gasteiger partial charge in [-0.2, -0.15) is 4.98 Å². The van der Waals surface area contributed by atoms with E-state index in [1.54, 1.807) is 0 Å². The second kappa shape index (κ2) is 6.24. The van der Waals surface area contributed by atoms with Gasteiger partial charge < -0.3 is 9.42 Å². The highest BCUT2D eigenvalue weighted by Crippen LogP contribution is 2.35. The minimum Gasteiger partial charge on any atom is -0.334 e. The van der Waals surface area contributed by atoms with Crippen LogP contribution in [0.4, 0.5) is 0 Å². The van der Waals surface area contributed by atoms with Crippen LogP contribution in [0.2, 0.25) is 0 Å². The minimum absolute atomic E-state index is 0.0621. The summed E-state index contributed by atoms with van der Waals surface area (Å²) in [6.07, 6.45) is 4.66. The number of aromatic nitrogens is 2. The third-order valence-corrected chi connectivity index (χ3v) is 4.64. The lowest BCUT2D eigenvalue weighted by Gasteiger charge is -2.16. The van der Waals surface area contributed by atoms with Crippen LogP contribution in [-0.4, -0.2) is 27.5 Å². The largest absolute Gasteiger partial charge is 0.334 e. The van der Waals surface area contributed by atoms with Crippen molar-refractivity contribution in [2.75, 3.05) is 6.54 Å². The highest BCUT2D eigenvalue weighted by molar-refractivity contribution is 6.16. The Bertz CT molecular complexity index is 826. The summed E-state index contributed by atoms with van der Waals surface area (Å²) in [4.78, 5) is 18.8. The Balaban J connectivity index is 1.53. The van der Waals surface area contributed by atoms with Crippen LogP contribution in [0.5, 0.6) is 0 Å². The summed E-state index contributed by atoms with van der Waals surface area (Å²) in [5.74, 6) is 1.28. The molecule has 2 aliphatic rings. The summed E-state index contributed by atoms with van der Waals surface area (Å²) in [5.41, 5.74) is 3.13. The molecule has 0 bridgehead atoms. The molecule has 1 aliphatic carbocycles. The molecule has 122 valence electrons. The fourth-order valence-electron chi connectivity index (χ4n) is 3.20. The van der Waals surface area contributed by atoms with Gasteiger partial charge in [0.2, 0.25) is 5.91 Å². The molecular formula is C18H16ClN3O2. The Kier molecular flexibility index (Phi) is 3.94. The second-order valence-electron chi connectivity index (χ2n) is 6.00. The van der Waals surface area contributed by atoms with Gasteiger partial charge in [-0.1, -0.05) is 41.6 Å². The number of halogens is 1. The first-order chi connectivity index (χ1) is 11.7. The van der Waals surface area contributed by atoms with Crippen LogP contribution >= 0.6 is 11.6 Å². The first-order valence-corrected chi connectivity index (χ1v) is 8.40. The van der Waals surface area contributed by atoms with Crippen LogP contribution in [0.15, 0.2) is 52.6 Å². The van der Waals surface area contributed by atoms with Gasteiger partial charge in [-0.25, -0.2) is 0 Å². The number of likely N-dealkylation sites (tertiary alicyclic amines) is 1. The lowest BCUT2D eigenvalue weighted by molar-refractivity contribution is -0.131. The molecule has 1 unspecified atom stereocenters. The van der Waals surface area contributed by atoms with Crippen LogP contribution < -0.4 is 0 Å². The second-order valence-corrected chi connectivity index (χ2v) is 6.26. The zero-order chi connectivity index (χ0) is 16.5. The Morgan fingerprint density at radius 3 is 2.88 bits per heavy atom. The summed E-state index contributed by atoms with van der Waals surface area (Å²) in [6, 6.07) is 10.0. The molecule has 1 aromatic heterocycles. The summed E-state index contributed by atoms with van der Waals surface area (Å²) in [7, 11) is 0. The van der Waals surface area contributed by atoms with E-state index in [1.807, 2.05) is 47.4 Å². The molecule has 1 saturated heterocycles. The van der Waals surface area contributed by atoms with Crippen LogP contribution in [0.3, 0.4) is 0 Å². The average molecular weight is 342 g/mol. The molecule has 2 heterocycles. The number of hydrogen-bond donors (Lipinski definition) is 0. The Morgan fingerprint density at radius 2 is 2.12 bits per heavy atom. The molecular weight excluding hydrogens is 326 g/mol. The number of allylic oxidation sites excluding steroid dienone is 3. The maximum atomic E-state index is 12.6. The molecule has 1 aromatic carbocycles. The molecule has 0 saturated carbocycles. The third kappa shape index (κ3) is 2.76. The molecule has 6 heteroatoms. The van der Waals surface area contributed by atoms with Crippen LogP contribution in [0, 0.1) is 5.92 Å². The summed E-state index contributed by atoms with van der Waals surface area (Å²) >= 11 is 5.71. The van der Waals surface area contributed by atoms with Crippen LogP contribution in [-0.2, 0) is 17.2 Å². The molecule has 0 N–H and O–H groups in total. The van der Waals surface area contributed by atoms with E-state index < -0.39 is 0 Å². The number of carbonyl (C=O) groups excluding carboxylic acids is 1. The first-order valence-electron chi connectivity index (χ1n) is 7.87. The Labute approximate surface area is 144 Å². The van der Waals surface area contributed by atoms with Gasteiger partial charge in [0.1, 0.15) is 0 Å². The fourth-order valence-corrected chi connectivity index (χ4v) is 3.31. The zero-order valence-electron chi connectivity index (χ0n) is 13.0. The summed E-state index contributed by atoms with van der Waals surface area (Å²) in [6.45, 7) is 1.28. The molecule has 4 rings (SSSR count). The van der Waals surface area contributed by atoms with Crippen LogP contribution in [0.25, 0.3) is 5.57 Å². The van der Waals surface area contributed by atoms with Gasteiger partial charge in [-0.15, -0.1) is 11.6 Å². The van der Waals surface area contributed by atoms with Crippen LogP contribution in [0.1, 0.15) is 23.7 Å². The van der Waals surface area contributed by atoms with Gasteiger partial charge in [-0.05, 0) is 23.6 Å². The molecule has 0 radical (unpaired) electrons. The Hall–Kier alpha value is -2.40. The minimum atomic E-state index is -0.0621. The lowest BCUT2D eigenvalue weighted by Crippen LogP contribution is -2.26. The molecule has 2 aromatic rings. The number of fused-ring (bicyclic) bond motifs is 1. The number of amides is 1. The number of carbonyl (C=O) groups is 1. The monoisotopic (exact) mass is 341 g/mol. The van der Waals surface area contributed by atoms with Crippen molar-refractivity contribution < 1.29 is 9.32 Å². The highest BCUT2D eigenvalue weighted by Gasteiger charge is 2.37. The number of hydrogen-bond acceptors (Lipinski definition) is 4. The molecule has 1 amide bonds. The van der Waals surface area contributed by atoms with Gasteiger partial charge >= 0.3 is 0 Å². The van der Waals surface area contributed by atoms with Crippen molar-refractivity contribution in [3.8, 4) is 0 Å². The summed E-state index contributed by atoms with van der Waals surface area (Å²) < 4.78 is 5.24. The fraction of sp³-hybridized carbons (Fsp3) is 0.278. The molecule has 1 aliphatic heterocycles. The van der Waals surface area contributed by atoms with Gasteiger partial charge in [0.15, 0.2) is 5.82 Å². The van der Waals surface area contributed by atoms with Crippen molar-refractivity contribution in [2.24, 2.45) is 5.92 Å². The van der Waals surface area contributed by atoms with E-state index in [4.69, 9.17) is 16.1 Å². The van der Waals surface area contributed by atoms with Gasteiger partial charge in [0, 0.05) is 18.7 Å². The number of alkyl halides is 1. The molecule has 24 heavy (non-hydrogen) atoms. The SMILES string of the molecule is O=C1C2CC=C(c3nc(CCl)no3)C=C2CN1Cc1ccccc1. The van der Waals surface area contributed by atoms with Crippen molar-refractivity contribution in [3.63, 3.8) is 0 Å². The van der Waals surface area contributed by atoms with E-state index in [0.29, 0.717) is 31.2 Å². The van der Waals surface area contributed by atoms with E-state index in [0.717, 1.165) is 16.7 Å².